The van der Waals surface area contributed by atoms with Crippen LogP contribution in [0.1, 0.15) is 33.6 Å². The van der Waals surface area contributed by atoms with Crippen molar-refractivity contribution in [2.24, 2.45) is 0 Å². The molecule has 0 unspecified atom stereocenters. The summed E-state index contributed by atoms with van der Waals surface area (Å²) in [6.45, 7) is 0.868. The minimum atomic E-state index is -3.65. The molecule has 0 bridgehead atoms. The molecule has 34 heavy (non-hydrogen) atoms. The van der Waals surface area contributed by atoms with Crippen LogP contribution in [0.15, 0.2) is 47.4 Å². The van der Waals surface area contributed by atoms with Gasteiger partial charge in [0.2, 0.25) is 21.8 Å². The van der Waals surface area contributed by atoms with Crippen molar-refractivity contribution in [2.75, 3.05) is 32.3 Å². The number of fused-ring (bicyclic) bond motifs is 1. The summed E-state index contributed by atoms with van der Waals surface area (Å²) < 4.78 is 43.5. The fourth-order valence-electron chi connectivity index (χ4n) is 3.91. The number of nitrogens with zero attached hydrogens (tertiary/aromatic N) is 3. The minimum Gasteiger partial charge on any atom is -0.497 e. The van der Waals surface area contributed by atoms with E-state index in [4.69, 9.17) is 14.2 Å². The second kappa shape index (κ2) is 9.20. The second-order valence-corrected chi connectivity index (χ2v) is 10.8. The van der Waals surface area contributed by atoms with Gasteiger partial charge in [-0.05, 0) is 49.2 Å². The van der Waals surface area contributed by atoms with E-state index < -0.39 is 10.0 Å². The average Bonchev–Trinajstić information content (AvgIpc) is 3.54. The molecule has 0 radical (unpaired) electrons. The van der Waals surface area contributed by atoms with Crippen LogP contribution < -0.4 is 19.5 Å². The van der Waals surface area contributed by atoms with Crippen molar-refractivity contribution >= 4 is 33.0 Å². The quantitative estimate of drug-likeness (QED) is 0.546. The van der Waals surface area contributed by atoms with E-state index in [9.17, 15) is 13.2 Å². The highest BCUT2D eigenvalue weighted by atomic mass is 32.2. The van der Waals surface area contributed by atoms with E-state index in [2.05, 4.69) is 15.5 Å². The van der Waals surface area contributed by atoms with Crippen molar-refractivity contribution in [1.29, 1.82) is 0 Å². The van der Waals surface area contributed by atoms with Crippen molar-refractivity contribution in [3.8, 4) is 17.2 Å². The number of amides is 1. The Labute approximate surface area is 200 Å². The van der Waals surface area contributed by atoms with Gasteiger partial charge in [0.15, 0.2) is 11.5 Å². The van der Waals surface area contributed by atoms with Crippen LogP contribution >= 0.6 is 11.3 Å². The molecule has 0 aliphatic carbocycles. The van der Waals surface area contributed by atoms with Crippen molar-refractivity contribution in [1.82, 2.24) is 14.5 Å². The first-order chi connectivity index (χ1) is 16.4. The third-order valence-corrected chi connectivity index (χ3v) is 8.66. The third-order valence-electron chi connectivity index (χ3n) is 5.70. The van der Waals surface area contributed by atoms with E-state index in [0.717, 1.165) is 6.42 Å². The first-order valence-electron chi connectivity index (χ1n) is 10.6. The molecular weight excluding hydrogens is 480 g/mol. The molecule has 3 aromatic rings. The van der Waals surface area contributed by atoms with Crippen LogP contribution in [0.5, 0.6) is 17.2 Å². The maximum Gasteiger partial charge on any atom is 0.286 e. The number of rotatable bonds is 6. The Hall–Kier alpha value is -3.22. The van der Waals surface area contributed by atoms with E-state index in [-0.39, 0.29) is 35.1 Å². The number of nitrogens with one attached hydrogen (secondary N) is 1. The summed E-state index contributed by atoms with van der Waals surface area (Å²) in [6.07, 6.45) is 1.46. The van der Waals surface area contributed by atoms with Crippen LogP contribution in [0.4, 0.5) is 5.69 Å². The lowest BCUT2D eigenvalue weighted by Crippen LogP contribution is -2.39. The topological polar surface area (TPSA) is 120 Å². The Balaban J connectivity index is 1.27. The number of ether oxygens (including phenoxy) is 3. The van der Waals surface area contributed by atoms with E-state index >= 15 is 0 Å². The molecule has 1 fully saturated rings. The van der Waals surface area contributed by atoms with E-state index in [1.54, 1.807) is 42.5 Å². The smallest absolute Gasteiger partial charge is 0.286 e. The highest BCUT2D eigenvalue weighted by Gasteiger charge is 2.33. The Bertz CT molecular complexity index is 1310. The minimum absolute atomic E-state index is 0.133. The van der Waals surface area contributed by atoms with Gasteiger partial charge in [-0.1, -0.05) is 11.3 Å². The molecule has 3 heterocycles. The van der Waals surface area contributed by atoms with Crippen molar-refractivity contribution in [3.05, 3.63) is 52.5 Å². The largest absolute Gasteiger partial charge is 0.497 e. The molecule has 0 spiro atoms. The van der Waals surface area contributed by atoms with Crippen molar-refractivity contribution < 1.29 is 27.4 Å². The van der Waals surface area contributed by atoms with E-state index in [1.807, 2.05) is 0 Å². The third kappa shape index (κ3) is 4.43. The van der Waals surface area contributed by atoms with Gasteiger partial charge in [0, 0.05) is 30.8 Å². The Morgan fingerprint density at radius 3 is 2.74 bits per heavy atom. The molecule has 1 N–H and O–H groups in total. The predicted molar refractivity (Wildman–Crippen MR) is 124 cm³/mol. The normalized spacial score (nSPS) is 18.0. The lowest BCUT2D eigenvalue weighted by Gasteiger charge is -2.30. The summed E-state index contributed by atoms with van der Waals surface area (Å²) in [5, 5.41) is 11.9. The molecule has 0 saturated carbocycles. The first kappa shape index (κ1) is 22.6. The zero-order valence-electron chi connectivity index (χ0n) is 18.3. The maximum atomic E-state index is 13.1. The Kier molecular flexibility index (Phi) is 6.11. The number of carbonyl (C=O) groups is 1. The molecule has 12 heteroatoms. The van der Waals surface area contributed by atoms with Crippen LogP contribution in [-0.4, -0.2) is 55.8 Å². The van der Waals surface area contributed by atoms with Crippen LogP contribution in [0.3, 0.4) is 0 Å². The zero-order valence-corrected chi connectivity index (χ0v) is 19.9. The highest BCUT2D eigenvalue weighted by Crippen LogP contribution is 2.35. The molecule has 1 atom stereocenters. The fourth-order valence-corrected chi connectivity index (χ4v) is 6.30. The lowest BCUT2D eigenvalue weighted by molar-refractivity contribution is 0.102. The van der Waals surface area contributed by atoms with Crippen LogP contribution in [0, 0.1) is 0 Å². The summed E-state index contributed by atoms with van der Waals surface area (Å²) >= 11 is 1.18. The van der Waals surface area contributed by atoms with Gasteiger partial charge >= 0.3 is 0 Å². The summed E-state index contributed by atoms with van der Waals surface area (Å²) in [5.74, 6) is 1.27. The predicted octanol–water partition coefficient (Wildman–Crippen LogP) is 3.10. The number of benzene rings is 2. The fraction of sp³-hybridized carbons (Fsp3) is 0.318. The van der Waals surface area contributed by atoms with Crippen LogP contribution in [-0.2, 0) is 10.0 Å². The van der Waals surface area contributed by atoms with Crippen LogP contribution in [0.2, 0.25) is 0 Å². The van der Waals surface area contributed by atoms with Gasteiger partial charge in [-0.15, -0.1) is 10.2 Å². The van der Waals surface area contributed by atoms with E-state index in [0.29, 0.717) is 40.9 Å². The van der Waals surface area contributed by atoms with Gasteiger partial charge in [0.1, 0.15) is 10.8 Å². The van der Waals surface area contributed by atoms with Gasteiger partial charge in [0.25, 0.3) is 5.91 Å². The van der Waals surface area contributed by atoms with Crippen molar-refractivity contribution in [3.63, 3.8) is 0 Å². The number of aromatic nitrogens is 2. The number of hydrogen-bond donors (Lipinski definition) is 1. The van der Waals surface area contributed by atoms with Gasteiger partial charge in [-0.2, -0.15) is 4.31 Å². The summed E-state index contributed by atoms with van der Waals surface area (Å²) in [7, 11) is -2.12. The molecule has 1 saturated heterocycles. The summed E-state index contributed by atoms with van der Waals surface area (Å²) in [6, 6.07) is 11.5. The first-order valence-corrected chi connectivity index (χ1v) is 12.9. The molecule has 10 nitrogen and oxygen atoms in total. The van der Waals surface area contributed by atoms with E-state index in [1.165, 1.54) is 22.8 Å². The molecule has 178 valence electrons. The molecule has 5 rings (SSSR count). The summed E-state index contributed by atoms with van der Waals surface area (Å²) in [4.78, 5) is 12.9. The van der Waals surface area contributed by atoms with Crippen LogP contribution in [0.25, 0.3) is 0 Å². The molecule has 1 aromatic heterocycles. The molecule has 2 aliphatic rings. The standard InChI is InChI=1S/C22H22N4O6S2/c1-30-16-5-7-17(8-6-16)34(28,29)26-10-2-3-14(12-26)21-24-25-22(33-21)20(27)23-15-4-9-18-19(11-15)32-13-31-18/h4-9,11,14H,2-3,10,12-13H2,1H3,(H,23,27)/t14-/m0/s1. The second-order valence-electron chi connectivity index (χ2n) is 7.85. The zero-order chi connectivity index (χ0) is 23.7. The van der Waals surface area contributed by atoms with Gasteiger partial charge in [-0.25, -0.2) is 8.42 Å². The SMILES string of the molecule is COc1ccc(S(=O)(=O)N2CCC[C@H](c3nnc(C(=O)Nc4ccc5c(c4)OCO5)s3)C2)cc1. The molecule has 2 aromatic carbocycles. The monoisotopic (exact) mass is 502 g/mol. The number of piperidine rings is 1. The number of hydrogen-bond acceptors (Lipinski definition) is 9. The summed E-state index contributed by atoms with van der Waals surface area (Å²) in [5.41, 5.74) is 0.556. The van der Waals surface area contributed by atoms with Gasteiger partial charge in [0.05, 0.1) is 12.0 Å². The molecular formula is C22H22N4O6S2. The lowest BCUT2D eigenvalue weighted by atomic mass is 10.0. The van der Waals surface area contributed by atoms with Gasteiger partial charge < -0.3 is 19.5 Å². The number of carbonyl (C=O) groups excluding carboxylic acids is 1. The van der Waals surface area contributed by atoms with Crippen molar-refractivity contribution in [2.45, 2.75) is 23.7 Å². The number of methoxy groups -OCH3 is 1. The Morgan fingerprint density at radius 1 is 1.15 bits per heavy atom. The average molecular weight is 503 g/mol. The number of sulfonamides is 1. The Morgan fingerprint density at radius 2 is 1.94 bits per heavy atom. The number of anilines is 1. The molecule has 1 amide bonds. The van der Waals surface area contributed by atoms with Gasteiger partial charge in [-0.3, -0.25) is 4.79 Å². The molecule has 2 aliphatic heterocycles. The highest BCUT2D eigenvalue weighted by molar-refractivity contribution is 7.89. The maximum absolute atomic E-state index is 13.1.